The van der Waals surface area contributed by atoms with Gasteiger partial charge in [-0.25, -0.2) is 4.98 Å². The topological polar surface area (TPSA) is 83.9 Å². The second-order valence-corrected chi connectivity index (χ2v) is 8.33. The number of amides is 1. The third kappa shape index (κ3) is 3.47. The number of nitrogens with zero attached hydrogens (tertiary/aromatic N) is 2. The first-order valence-electron chi connectivity index (χ1n) is 10.7. The van der Waals surface area contributed by atoms with E-state index in [1.165, 1.54) is 0 Å². The second-order valence-electron chi connectivity index (χ2n) is 8.33. The van der Waals surface area contributed by atoms with E-state index < -0.39 is 0 Å². The SMILES string of the molecule is Cc1cc2c(nc1N1CCC(Oc3ccc4c(c3)OCC4CCO)CC1)CNC2=O. The number of anilines is 1. The summed E-state index contributed by atoms with van der Waals surface area (Å²) < 4.78 is 12.0. The Morgan fingerprint density at radius 3 is 2.93 bits per heavy atom. The van der Waals surface area contributed by atoms with Gasteiger partial charge in [-0.2, -0.15) is 0 Å². The van der Waals surface area contributed by atoms with E-state index in [0.717, 1.165) is 66.5 Å². The highest BCUT2D eigenvalue weighted by Crippen LogP contribution is 2.38. The number of benzene rings is 1. The van der Waals surface area contributed by atoms with Gasteiger partial charge in [-0.05, 0) is 31.0 Å². The van der Waals surface area contributed by atoms with Crippen LogP contribution in [0.15, 0.2) is 24.3 Å². The van der Waals surface area contributed by atoms with Crippen LogP contribution in [0.2, 0.25) is 0 Å². The molecule has 1 aromatic carbocycles. The molecule has 2 aromatic rings. The number of aliphatic hydroxyl groups excluding tert-OH is 1. The zero-order chi connectivity index (χ0) is 20.7. The number of pyridine rings is 1. The first-order valence-corrected chi connectivity index (χ1v) is 10.7. The van der Waals surface area contributed by atoms with Crippen molar-refractivity contribution < 1.29 is 19.4 Å². The molecule has 7 heteroatoms. The standard InChI is InChI=1S/C23H27N3O4/c1-14-10-19-20(12-24-23(19)28)25-22(14)26-7-4-16(5-8-26)30-17-2-3-18-15(6-9-27)13-29-21(18)11-17/h2-3,10-11,15-16,27H,4-9,12-13H2,1H3,(H,24,28). The van der Waals surface area contributed by atoms with Gasteiger partial charge < -0.3 is 24.8 Å². The summed E-state index contributed by atoms with van der Waals surface area (Å²) in [6, 6.07) is 8.02. The Kier molecular flexibility index (Phi) is 4.98. The smallest absolute Gasteiger partial charge is 0.253 e. The van der Waals surface area contributed by atoms with E-state index in [0.29, 0.717) is 18.7 Å². The molecule has 0 saturated carbocycles. The molecule has 158 valence electrons. The summed E-state index contributed by atoms with van der Waals surface area (Å²) in [4.78, 5) is 18.9. The Morgan fingerprint density at radius 2 is 2.13 bits per heavy atom. The molecule has 5 rings (SSSR count). The zero-order valence-corrected chi connectivity index (χ0v) is 17.2. The van der Waals surface area contributed by atoms with Crippen molar-refractivity contribution in [2.45, 2.75) is 44.8 Å². The lowest BCUT2D eigenvalue weighted by molar-refractivity contribution is 0.0965. The number of carbonyl (C=O) groups is 1. The van der Waals surface area contributed by atoms with Crippen LogP contribution in [0.5, 0.6) is 11.5 Å². The summed E-state index contributed by atoms with van der Waals surface area (Å²) in [5.41, 5.74) is 3.75. The lowest BCUT2D eigenvalue weighted by Crippen LogP contribution is -2.39. The normalized spacial score (nSPS) is 20.5. The third-order valence-corrected chi connectivity index (χ3v) is 6.31. The van der Waals surface area contributed by atoms with E-state index in [1.54, 1.807) is 0 Å². The number of carbonyl (C=O) groups excluding carboxylic acids is 1. The summed E-state index contributed by atoms with van der Waals surface area (Å²) in [6.07, 6.45) is 2.72. The first-order chi connectivity index (χ1) is 14.6. The minimum absolute atomic E-state index is 0.0275. The van der Waals surface area contributed by atoms with Gasteiger partial charge in [0.25, 0.3) is 5.91 Å². The molecular weight excluding hydrogens is 382 g/mol. The molecule has 1 amide bonds. The Hall–Kier alpha value is -2.80. The molecule has 3 aliphatic heterocycles. The van der Waals surface area contributed by atoms with Crippen molar-refractivity contribution >= 4 is 11.7 Å². The van der Waals surface area contributed by atoms with Crippen molar-refractivity contribution in [3.05, 3.63) is 46.6 Å². The minimum Gasteiger partial charge on any atom is -0.493 e. The zero-order valence-electron chi connectivity index (χ0n) is 17.2. The molecule has 1 unspecified atom stereocenters. The number of piperidine rings is 1. The largest absolute Gasteiger partial charge is 0.493 e. The number of aryl methyl sites for hydroxylation is 1. The molecule has 1 fully saturated rings. The maximum absolute atomic E-state index is 11.8. The highest BCUT2D eigenvalue weighted by molar-refractivity contribution is 5.98. The number of ether oxygens (including phenoxy) is 2. The van der Waals surface area contributed by atoms with Crippen molar-refractivity contribution in [1.29, 1.82) is 0 Å². The van der Waals surface area contributed by atoms with Crippen LogP contribution < -0.4 is 19.7 Å². The number of hydrogen-bond donors (Lipinski definition) is 2. The molecule has 0 aliphatic carbocycles. The molecule has 0 spiro atoms. The lowest BCUT2D eigenvalue weighted by Gasteiger charge is -2.34. The van der Waals surface area contributed by atoms with Crippen LogP contribution in [0.1, 0.15) is 52.4 Å². The maximum Gasteiger partial charge on any atom is 0.253 e. The van der Waals surface area contributed by atoms with Crippen molar-refractivity contribution in [1.82, 2.24) is 10.3 Å². The predicted octanol–water partition coefficient (Wildman–Crippen LogP) is 2.54. The molecule has 1 atom stereocenters. The highest BCUT2D eigenvalue weighted by atomic mass is 16.5. The Bertz CT molecular complexity index is 969. The van der Waals surface area contributed by atoms with Gasteiger partial charge in [0, 0.05) is 50.1 Å². The Morgan fingerprint density at radius 1 is 1.30 bits per heavy atom. The van der Waals surface area contributed by atoms with Gasteiger partial charge in [0.2, 0.25) is 0 Å². The van der Waals surface area contributed by atoms with Gasteiger partial charge in [0.05, 0.1) is 24.4 Å². The van der Waals surface area contributed by atoms with Crippen LogP contribution in [-0.2, 0) is 6.54 Å². The van der Waals surface area contributed by atoms with E-state index in [9.17, 15) is 9.90 Å². The van der Waals surface area contributed by atoms with Gasteiger partial charge in [-0.1, -0.05) is 6.07 Å². The fourth-order valence-corrected chi connectivity index (χ4v) is 4.65. The van der Waals surface area contributed by atoms with Crippen molar-refractivity contribution in [2.24, 2.45) is 0 Å². The van der Waals surface area contributed by atoms with Crippen LogP contribution in [0, 0.1) is 6.92 Å². The number of hydrogen-bond acceptors (Lipinski definition) is 6. The van der Waals surface area contributed by atoms with E-state index in [4.69, 9.17) is 14.5 Å². The molecule has 0 radical (unpaired) electrons. The second kappa shape index (κ2) is 7.80. The number of aromatic nitrogens is 1. The van der Waals surface area contributed by atoms with Crippen molar-refractivity contribution in [2.75, 3.05) is 31.2 Å². The Balaban J connectivity index is 1.22. The first kappa shape index (κ1) is 19.2. The number of rotatable bonds is 5. The molecule has 3 aliphatic rings. The van der Waals surface area contributed by atoms with Gasteiger partial charge in [0.1, 0.15) is 23.4 Å². The molecule has 30 heavy (non-hydrogen) atoms. The van der Waals surface area contributed by atoms with Gasteiger partial charge in [-0.15, -0.1) is 0 Å². The van der Waals surface area contributed by atoms with Crippen molar-refractivity contribution in [3.8, 4) is 11.5 Å². The lowest BCUT2D eigenvalue weighted by atomic mass is 9.98. The minimum atomic E-state index is -0.0275. The predicted molar refractivity (Wildman–Crippen MR) is 112 cm³/mol. The molecule has 2 N–H and O–H groups in total. The maximum atomic E-state index is 11.8. The summed E-state index contributed by atoms with van der Waals surface area (Å²) in [5.74, 6) is 2.94. The monoisotopic (exact) mass is 409 g/mol. The molecule has 1 aromatic heterocycles. The van der Waals surface area contributed by atoms with E-state index in [2.05, 4.69) is 16.3 Å². The van der Waals surface area contributed by atoms with Gasteiger partial charge >= 0.3 is 0 Å². The van der Waals surface area contributed by atoms with Crippen LogP contribution in [0.25, 0.3) is 0 Å². The van der Waals surface area contributed by atoms with Crippen LogP contribution in [-0.4, -0.2) is 48.4 Å². The van der Waals surface area contributed by atoms with Crippen LogP contribution in [0.4, 0.5) is 5.82 Å². The van der Waals surface area contributed by atoms with Gasteiger partial charge in [-0.3, -0.25) is 4.79 Å². The Labute approximate surface area is 176 Å². The van der Waals surface area contributed by atoms with Crippen LogP contribution >= 0.6 is 0 Å². The number of nitrogens with one attached hydrogen (secondary N) is 1. The summed E-state index contributed by atoms with van der Waals surface area (Å²) >= 11 is 0. The quantitative estimate of drug-likeness (QED) is 0.790. The molecule has 4 heterocycles. The van der Waals surface area contributed by atoms with E-state index in [-0.39, 0.29) is 24.5 Å². The number of fused-ring (bicyclic) bond motifs is 2. The highest BCUT2D eigenvalue weighted by Gasteiger charge is 2.28. The average molecular weight is 409 g/mol. The van der Waals surface area contributed by atoms with Crippen LogP contribution in [0.3, 0.4) is 0 Å². The molecule has 0 bridgehead atoms. The third-order valence-electron chi connectivity index (χ3n) is 6.31. The van der Waals surface area contributed by atoms with Gasteiger partial charge in [0.15, 0.2) is 0 Å². The van der Waals surface area contributed by atoms with E-state index >= 15 is 0 Å². The summed E-state index contributed by atoms with van der Waals surface area (Å²) in [6.45, 7) is 5.09. The summed E-state index contributed by atoms with van der Waals surface area (Å²) in [5, 5.41) is 12.0. The number of aliphatic hydroxyl groups is 1. The van der Waals surface area contributed by atoms with Crippen molar-refractivity contribution in [3.63, 3.8) is 0 Å². The molecular formula is C23H27N3O4. The summed E-state index contributed by atoms with van der Waals surface area (Å²) in [7, 11) is 0. The fourth-order valence-electron chi connectivity index (χ4n) is 4.65. The average Bonchev–Trinajstić information content (AvgIpc) is 3.32. The fraction of sp³-hybridized carbons (Fsp3) is 0.478. The molecule has 7 nitrogen and oxygen atoms in total. The van der Waals surface area contributed by atoms with E-state index in [1.807, 2.05) is 25.1 Å². The molecule has 1 saturated heterocycles.